The van der Waals surface area contributed by atoms with E-state index in [9.17, 15) is 22.4 Å². The maximum absolute atomic E-state index is 12.8. The molecule has 1 amide bonds. The van der Waals surface area contributed by atoms with Gasteiger partial charge in [0, 0.05) is 24.9 Å². The van der Waals surface area contributed by atoms with Gasteiger partial charge < -0.3 is 10.3 Å². The quantitative estimate of drug-likeness (QED) is 0.824. The summed E-state index contributed by atoms with van der Waals surface area (Å²) >= 11 is 0. The van der Waals surface area contributed by atoms with Crippen LogP contribution in [0.3, 0.4) is 0 Å². The lowest BCUT2D eigenvalue weighted by molar-refractivity contribution is -0.141. The second-order valence-corrected chi connectivity index (χ2v) is 6.28. The Morgan fingerprint density at radius 1 is 1.36 bits per heavy atom. The Balaban J connectivity index is 1.67. The third-order valence-electron chi connectivity index (χ3n) is 4.40. The molecule has 3 rings (SSSR count). The second-order valence-electron chi connectivity index (χ2n) is 6.28. The van der Waals surface area contributed by atoms with Gasteiger partial charge in [-0.1, -0.05) is 6.07 Å². The van der Waals surface area contributed by atoms with Crippen LogP contribution < -0.4 is 5.32 Å². The van der Waals surface area contributed by atoms with Crippen LogP contribution in [0.5, 0.6) is 0 Å². The van der Waals surface area contributed by atoms with Crippen LogP contribution in [0.1, 0.15) is 45.7 Å². The zero-order chi connectivity index (χ0) is 18.2. The molecule has 0 saturated heterocycles. The Bertz CT molecular complexity index is 761. The largest absolute Gasteiger partial charge is 0.433 e. The minimum atomic E-state index is -4.46. The van der Waals surface area contributed by atoms with Gasteiger partial charge in [0.05, 0.1) is 0 Å². The number of rotatable bonds is 4. The molecule has 25 heavy (non-hydrogen) atoms. The predicted molar refractivity (Wildman–Crippen MR) is 83.0 cm³/mol. The number of amides is 1. The Hall–Kier alpha value is -2.38. The van der Waals surface area contributed by atoms with Crippen LogP contribution in [0.4, 0.5) is 17.6 Å². The summed E-state index contributed by atoms with van der Waals surface area (Å²) in [5, 5.41) is 2.76. The van der Waals surface area contributed by atoms with Crippen LogP contribution >= 0.6 is 0 Å². The Kier molecular flexibility index (Phi) is 4.53. The van der Waals surface area contributed by atoms with E-state index in [-0.39, 0.29) is 11.9 Å². The molecule has 2 N–H and O–H groups in total. The molecule has 4 nitrogen and oxygen atoms in total. The number of halogens is 4. The monoisotopic (exact) mass is 355 g/mol. The van der Waals surface area contributed by atoms with Crippen molar-refractivity contribution in [2.45, 2.75) is 44.6 Å². The van der Waals surface area contributed by atoms with Crippen LogP contribution in [-0.2, 0) is 12.6 Å². The molecule has 134 valence electrons. The van der Waals surface area contributed by atoms with Gasteiger partial charge in [0.15, 0.2) is 0 Å². The number of nitrogens with zero attached hydrogens (tertiary/aromatic N) is 1. The molecule has 2 heterocycles. The van der Waals surface area contributed by atoms with Gasteiger partial charge in [-0.15, -0.1) is 0 Å². The number of nitrogens with one attached hydrogen (secondary N) is 2. The van der Waals surface area contributed by atoms with Crippen LogP contribution in [0.25, 0.3) is 0 Å². The molecule has 0 radical (unpaired) electrons. The van der Waals surface area contributed by atoms with Gasteiger partial charge in [0.2, 0.25) is 0 Å². The van der Waals surface area contributed by atoms with Gasteiger partial charge >= 0.3 is 6.18 Å². The SMILES string of the molecule is Cc1c(Cc2ccc(C(F)(F)F)nc2)c[nH]c1C(=O)NC1CC(F)C1. The molecule has 0 aromatic carbocycles. The Morgan fingerprint density at radius 2 is 2.08 bits per heavy atom. The van der Waals surface area contributed by atoms with Crippen molar-refractivity contribution in [3.8, 4) is 0 Å². The van der Waals surface area contributed by atoms with E-state index in [0.717, 1.165) is 11.6 Å². The van der Waals surface area contributed by atoms with Crippen molar-refractivity contribution in [2.24, 2.45) is 0 Å². The maximum Gasteiger partial charge on any atom is 0.433 e. The van der Waals surface area contributed by atoms with Gasteiger partial charge in [-0.2, -0.15) is 13.2 Å². The highest BCUT2D eigenvalue weighted by atomic mass is 19.4. The molecule has 8 heteroatoms. The third kappa shape index (κ3) is 3.83. The molecule has 0 spiro atoms. The summed E-state index contributed by atoms with van der Waals surface area (Å²) in [6, 6.07) is 2.17. The number of aromatic amines is 1. The van der Waals surface area contributed by atoms with Crippen molar-refractivity contribution in [2.75, 3.05) is 0 Å². The molecule has 0 atom stereocenters. The van der Waals surface area contributed by atoms with Gasteiger partial charge in [-0.3, -0.25) is 9.78 Å². The van der Waals surface area contributed by atoms with Gasteiger partial charge in [-0.05, 0) is 42.5 Å². The van der Waals surface area contributed by atoms with Crippen molar-refractivity contribution >= 4 is 5.91 Å². The Labute approximate surface area is 141 Å². The zero-order valence-electron chi connectivity index (χ0n) is 13.5. The van der Waals surface area contributed by atoms with Gasteiger partial charge in [0.1, 0.15) is 17.6 Å². The molecule has 0 aliphatic heterocycles. The van der Waals surface area contributed by atoms with E-state index in [1.807, 2.05) is 0 Å². The fourth-order valence-corrected chi connectivity index (χ4v) is 2.80. The van der Waals surface area contributed by atoms with E-state index in [2.05, 4.69) is 15.3 Å². The van der Waals surface area contributed by atoms with Crippen molar-refractivity contribution in [3.63, 3.8) is 0 Å². The van der Waals surface area contributed by atoms with E-state index in [4.69, 9.17) is 0 Å². The van der Waals surface area contributed by atoms with Crippen molar-refractivity contribution in [1.29, 1.82) is 0 Å². The van der Waals surface area contributed by atoms with Crippen LogP contribution in [0.2, 0.25) is 0 Å². The van der Waals surface area contributed by atoms with Crippen molar-refractivity contribution in [3.05, 3.63) is 52.6 Å². The molecular formula is C17H17F4N3O. The first-order chi connectivity index (χ1) is 11.7. The smallest absolute Gasteiger partial charge is 0.357 e. The van der Waals surface area contributed by atoms with E-state index >= 15 is 0 Å². The number of hydrogen-bond acceptors (Lipinski definition) is 2. The molecule has 1 aliphatic rings. The van der Waals surface area contributed by atoms with E-state index in [1.54, 1.807) is 13.1 Å². The van der Waals surface area contributed by atoms with E-state index in [1.165, 1.54) is 12.3 Å². The first-order valence-corrected chi connectivity index (χ1v) is 7.88. The average Bonchev–Trinajstić information content (AvgIpc) is 2.86. The van der Waals surface area contributed by atoms with Gasteiger partial charge in [0.25, 0.3) is 5.91 Å². The molecule has 1 saturated carbocycles. The first kappa shape index (κ1) is 17.4. The summed E-state index contributed by atoms with van der Waals surface area (Å²) in [5.41, 5.74) is 1.57. The fourth-order valence-electron chi connectivity index (χ4n) is 2.80. The molecule has 2 aromatic rings. The summed E-state index contributed by atoms with van der Waals surface area (Å²) in [7, 11) is 0. The lowest BCUT2D eigenvalue weighted by atomic mass is 9.90. The fraction of sp³-hybridized carbons (Fsp3) is 0.412. The summed E-state index contributed by atoms with van der Waals surface area (Å²) in [6.07, 6.45) is -1.46. The highest BCUT2D eigenvalue weighted by molar-refractivity contribution is 5.94. The predicted octanol–water partition coefficient (Wildman–Crippen LogP) is 3.56. The number of pyridine rings is 1. The van der Waals surface area contributed by atoms with Crippen molar-refractivity contribution < 1.29 is 22.4 Å². The third-order valence-corrected chi connectivity index (χ3v) is 4.40. The number of H-pyrrole nitrogens is 1. The molecule has 1 fully saturated rings. The lowest BCUT2D eigenvalue weighted by Gasteiger charge is -2.30. The molecule has 0 bridgehead atoms. The molecule has 0 unspecified atom stereocenters. The van der Waals surface area contributed by atoms with Crippen LogP contribution in [-0.4, -0.2) is 28.1 Å². The number of carbonyl (C=O) groups excluding carboxylic acids is 1. The van der Waals surface area contributed by atoms with Crippen LogP contribution in [0, 0.1) is 6.92 Å². The van der Waals surface area contributed by atoms with Crippen LogP contribution in [0.15, 0.2) is 24.5 Å². The first-order valence-electron chi connectivity index (χ1n) is 7.88. The van der Waals surface area contributed by atoms with Crippen molar-refractivity contribution in [1.82, 2.24) is 15.3 Å². The molecular weight excluding hydrogens is 338 g/mol. The zero-order valence-corrected chi connectivity index (χ0v) is 13.5. The molecule has 1 aliphatic carbocycles. The molecule has 2 aromatic heterocycles. The standard InChI is InChI=1S/C17H17F4N3O/c1-9-11(4-10-2-3-14(22-7-10)17(19,20)21)8-23-15(9)16(25)24-13-5-12(18)6-13/h2-3,7-8,12-13,23H,4-6H2,1H3,(H,24,25). The number of carbonyl (C=O) groups is 1. The van der Waals surface area contributed by atoms with E-state index < -0.39 is 18.0 Å². The minimum absolute atomic E-state index is 0.146. The summed E-state index contributed by atoms with van der Waals surface area (Å²) < 4.78 is 50.4. The maximum atomic E-state index is 12.8. The number of alkyl halides is 4. The normalized spacial score (nSPS) is 20.2. The second kappa shape index (κ2) is 6.50. The highest BCUT2D eigenvalue weighted by Crippen LogP contribution is 2.28. The minimum Gasteiger partial charge on any atom is -0.357 e. The van der Waals surface area contributed by atoms with E-state index in [0.29, 0.717) is 36.1 Å². The average molecular weight is 355 g/mol. The lowest BCUT2D eigenvalue weighted by Crippen LogP contribution is -2.45. The van der Waals surface area contributed by atoms with Gasteiger partial charge in [-0.25, -0.2) is 4.39 Å². The Morgan fingerprint density at radius 3 is 2.64 bits per heavy atom. The summed E-state index contributed by atoms with van der Waals surface area (Å²) in [5.74, 6) is -0.300. The highest BCUT2D eigenvalue weighted by Gasteiger charge is 2.32. The summed E-state index contributed by atoms with van der Waals surface area (Å²) in [4.78, 5) is 18.5. The number of hydrogen-bond donors (Lipinski definition) is 2. The number of aromatic nitrogens is 2. The summed E-state index contributed by atoms with van der Waals surface area (Å²) in [6.45, 7) is 1.76. The topological polar surface area (TPSA) is 57.8 Å².